The van der Waals surface area contributed by atoms with Gasteiger partial charge in [-0.15, -0.1) is 0 Å². The van der Waals surface area contributed by atoms with Gasteiger partial charge in [0.25, 0.3) is 0 Å². The molecule has 0 radical (unpaired) electrons. The molecule has 0 bridgehead atoms. The Morgan fingerprint density at radius 1 is 0.667 bits per heavy atom. The molecule has 6 heteroatoms. The average molecular weight is 555 g/mol. The lowest BCUT2D eigenvalue weighted by molar-refractivity contribution is 0.355. The van der Waals surface area contributed by atoms with Crippen molar-refractivity contribution in [1.29, 1.82) is 0 Å². The number of methoxy groups -OCH3 is 2. The Morgan fingerprint density at radius 3 is 1.98 bits per heavy atom. The number of aryl methyl sites for hydroxylation is 1. The summed E-state index contributed by atoms with van der Waals surface area (Å²) in [5.41, 5.74) is 8.11. The Kier molecular flexibility index (Phi) is 6.24. The van der Waals surface area contributed by atoms with Gasteiger partial charge in [0.2, 0.25) is 0 Å². The molecule has 0 fully saturated rings. The third-order valence-electron chi connectivity index (χ3n) is 7.66. The van der Waals surface area contributed by atoms with Crippen LogP contribution in [0.5, 0.6) is 23.0 Å². The molecule has 0 aliphatic carbocycles. The second kappa shape index (κ2) is 10.2. The smallest absolute Gasteiger partial charge is 0.161 e. The molecule has 0 saturated carbocycles. The number of ether oxygens (including phenoxy) is 3. The molecule has 7 rings (SSSR count). The van der Waals surface area contributed by atoms with Crippen molar-refractivity contribution >= 4 is 28.0 Å². The maximum atomic E-state index is 13.9. The van der Waals surface area contributed by atoms with Gasteiger partial charge in [0, 0.05) is 10.9 Å². The maximum absolute atomic E-state index is 13.9. The topological polar surface area (TPSA) is 43.8 Å². The Labute approximate surface area is 243 Å². The van der Waals surface area contributed by atoms with Crippen LogP contribution in [0.2, 0.25) is 0 Å². The molecule has 0 atom stereocenters. The molecule has 5 aromatic carbocycles. The van der Waals surface area contributed by atoms with Crippen molar-refractivity contribution in [3.63, 3.8) is 0 Å². The molecule has 6 aromatic rings. The summed E-state index contributed by atoms with van der Waals surface area (Å²) in [6.45, 7) is 2.09. The summed E-state index contributed by atoms with van der Waals surface area (Å²) in [6.07, 6.45) is 0. The van der Waals surface area contributed by atoms with Gasteiger partial charge in [-0.1, -0.05) is 36.4 Å². The van der Waals surface area contributed by atoms with Crippen LogP contribution in [0.1, 0.15) is 5.56 Å². The maximum Gasteiger partial charge on any atom is 0.161 e. The highest BCUT2D eigenvalue weighted by Crippen LogP contribution is 2.52. The molecule has 0 spiro atoms. The van der Waals surface area contributed by atoms with Gasteiger partial charge in [0.05, 0.1) is 42.5 Å². The summed E-state index contributed by atoms with van der Waals surface area (Å²) in [7, 11) is 3.26. The van der Waals surface area contributed by atoms with Crippen molar-refractivity contribution in [3.8, 4) is 45.4 Å². The van der Waals surface area contributed by atoms with Crippen LogP contribution in [-0.4, -0.2) is 19.2 Å². The fourth-order valence-electron chi connectivity index (χ4n) is 5.64. The second-order valence-corrected chi connectivity index (χ2v) is 10.1. The van der Waals surface area contributed by atoms with Crippen LogP contribution >= 0.6 is 0 Å². The Bertz CT molecular complexity index is 1930. The highest BCUT2D eigenvalue weighted by atomic mass is 19.1. The highest BCUT2D eigenvalue weighted by Gasteiger charge is 2.28. The Balaban J connectivity index is 1.57. The zero-order valence-corrected chi connectivity index (χ0v) is 23.4. The summed E-state index contributed by atoms with van der Waals surface area (Å²) >= 11 is 0. The number of hydrogen-bond donors (Lipinski definition) is 0. The summed E-state index contributed by atoms with van der Waals surface area (Å²) in [5.74, 6) is 2.52. The van der Waals surface area contributed by atoms with Crippen LogP contribution in [0.25, 0.3) is 33.3 Å². The zero-order chi connectivity index (χ0) is 28.8. The predicted octanol–water partition coefficient (Wildman–Crippen LogP) is 9.61. The minimum absolute atomic E-state index is 0.294. The number of para-hydroxylation sites is 4. The van der Waals surface area contributed by atoms with Gasteiger partial charge in [-0.2, -0.15) is 0 Å². The minimum Gasteiger partial charge on any atom is -0.493 e. The van der Waals surface area contributed by atoms with Crippen LogP contribution in [0.3, 0.4) is 0 Å². The largest absolute Gasteiger partial charge is 0.493 e. The lowest BCUT2D eigenvalue weighted by Gasteiger charge is -2.33. The van der Waals surface area contributed by atoms with E-state index in [-0.39, 0.29) is 5.82 Å². The zero-order valence-electron chi connectivity index (χ0n) is 23.4. The summed E-state index contributed by atoms with van der Waals surface area (Å²) in [6, 6.07) is 34.7. The normalized spacial score (nSPS) is 12.0. The van der Waals surface area contributed by atoms with E-state index in [0.29, 0.717) is 11.5 Å². The fourth-order valence-corrected chi connectivity index (χ4v) is 5.64. The number of hydrogen-bond acceptors (Lipinski definition) is 5. The van der Waals surface area contributed by atoms with Crippen molar-refractivity contribution in [2.24, 2.45) is 0 Å². The summed E-state index contributed by atoms with van der Waals surface area (Å²) < 4.78 is 31.4. The molecule has 5 nitrogen and oxygen atoms in total. The van der Waals surface area contributed by atoms with E-state index >= 15 is 0 Å². The predicted molar refractivity (Wildman–Crippen MR) is 165 cm³/mol. The third kappa shape index (κ3) is 4.20. The third-order valence-corrected chi connectivity index (χ3v) is 7.66. The number of rotatable bonds is 5. The molecular weight excluding hydrogens is 527 g/mol. The molecule has 2 heterocycles. The van der Waals surface area contributed by atoms with E-state index in [0.717, 1.165) is 67.4 Å². The van der Waals surface area contributed by atoms with Gasteiger partial charge >= 0.3 is 0 Å². The van der Waals surface area contributed by atoms with E-state index in [9.17, 15) is 4.39 Å². The Hall–Kier alpha value is -5.36. The molecule has 1 aliphatic heterocycles. The van der Waals surface area contributed by atoms with Crippen LogP contribution in [0.15, 0.2) is 109 Å². The molecule has 1 aliphatic rings. The summed E-state index contributed by atoms with van der Waals surface area (Å²) in [5, 5.41) is 1.01. The number of pyridine rings is 1. The second-order valence-electron chi connectivity index (χ2n) is 10.1. The number of benzene rings is 5. The number of anilines is 3. The molecule has 0 saturated heterocycles. The molecule has 206 valence electrons. The van der Waals surface area contributed by atoms with Gasteiger partial charge in [-0.05, 0) is 96.4 Å². The lowest BCUT2D eigenvalue weighted by atomic mass is 9.94. The van der Waals surface area contributed by atoms with Crippen molar-refractivity contribution in [3.05, 3.63) is 121 Å². The SMILES string of the molecule is COc1ccc(-c2cc(-c3ccc(F)cc3)nc3c(N4c5ccccc5Oc5ccccc54)ccc(C)c23)cc1OC. The minimum atomic E-state index is -0.294. The van der Waals surface area contributed by atoms with Gasteiger partial charge in [0.1, 0.15) is 5.82 Å². The first-order valence-electron chi connectivity index (χ1n) is 13.6. The van der Waals surface area contributed by atoms with Crippen LogP contribution in [0, 0.1) is 12.7 Å². The molecule has 1 aromatic heterocycles. The lowest BCUT2D eigenvalue weighted by Crippen LogP contribution is -2.16. The first-order chi connectivity index (χ1) is 20.6. The first-order valence-corrected chi connectivity index (χ1v) is 13.6. The van der Waals surface area contributed by atoms with E-state index in [1.54, 1.807) is 26.4 Å². The number of nitrogens with zero attached hydrogens (tertiary/aromatic N) is 2. The van der Waals surface area contributed by atoms with Crippen LogP contribution in [-0.2, 0) is 0 Å². The van der Waals surface area contributed by atoms with Crippen molar-refractivity contribution in [1.82, 2.24) is 4.98 Å². The first kappa shape index (κ1) is 25.6. The number of halogens is 1. The van der Waals surface area contributed by atoms with Gasteiger partial charge in [0.15, 0.2) is 23.0 Å². The molecule has 42 heavy (non-hydrogen) atoms. The van der Waals surface area contributed by atoms with E-state index in [1.807, 2.05) is 54.6 Å². The van der Waals surface area contributed by atoms with Crippen molar-refractivity contribution < 1.29 is 18.6 Å². The van der Waals surface area contributed by atoms with E-state index < -0.39 is 0 Å². The molecule has 0 unspecified atom stereocenters. The van der Waals surface area contributed by atoms with Gasteiger partial charge in [-0.25, -0.2) is 9.37 Å². The molecular formula is C36H27FN2O3. The molecule has 0 amide bonds. The van der Waals surface area contributed by atoms with E-state index in [1.165, 1.54) is 12.1 Å². The Morgan fingerprint density at radius 2 is 1.31 bits per heavy atom. The van der Waals surface area contributed by atoms with Crippen LogP contribution < -0.4 is 19.1 Å². The van der Waals surface area contributed by atoms with Gasteiger partial charge < -0.3 is 19.1 Å². The van der Waals surface area contributed by atoms with Crippen molar-refractivity contribution in [2.45, 2.75) is 6.92 Å². The quantitative estimate of drug-likeness (QED) is 0.212. The number of fused-ring (bicyclic) bond motifs is 3. The van der Waals surface area contributed by atoms with E-state index in [2.05, 4.69) is 42.2 Å². The average Bonchev–Trinajstić information content (AvgIpc) is 3.03. The van der Waals surface area contributed by atoms with E-state index in [4.69, 9.17) is 19.2 Å². The molecule has 0 N–H and O–H groups in total. The van der Waals surface area contributed by atoms with Gasteiger partial charge in [-0.3, -0.25) is 0 Å². The monoisotopic (exact) mass is 554 g/mol. The standard InChI is InChI=1S/C36H27FN2O3/c1-22-12-18-30(39-28-8-4-6-10-31(28)42-32-11-7-5-9-29(32)39)36-35(22)26(24-15-19-33(40-2)34(20-24)41-3)21-27(38-36)23-13-16-25(37)17-14-23/h4-21H,1-3H3. The highest BCUT2D eigenvalue weighted by molar-refractivity contribution is 6.07. The van der Waals surface area contributed by atoms with Crippen molar-refractivity contribution in [2.75, 3.05) is 19.1 Å². The fraction of sp³-hybridized carbons (Fsp3) is 0.0833. The number of aromatic nitrogens is 1. The summed E-state index contributed by atoms with van der Waals surface area (Å²) in [4.78, 5) is 7.46. The van der Waals surface area contributed by atoms with Crippen LogP contribution in [0.4, 0.5) is 21.5 Å².